The molecule has 1 fully saturated rings. The maximum absolute atomic E-state index is 12.6. The smallest absolute Gasteiger partial charge is 0.252 e. The first kappa shape index (κ1) is 27.3. The molecule has 2 aliphatic heterocycles. The van der Waals surface area contributed by atoms with E-state index >= 15 is 0 Å². The quantitative estimate of drug-likeness (QED) is 0.366. The molecule has 1 atom stereocenters. The number of benzene rings is 2. The number of hydrogen-bond acceptors (Lipinski definition) is 6. The fourth-order valence-electron chi connectivity index (χ4n) is 5.02. The lowest BCUT2D eigenvalue weighted by Crippen LogP contribution is -2.43. The van der Waals surface area contributed by atoms with Crippen molar-refractivity contribution in [3.63, 3.8) is 0 Å². The largest absolute Gasteiger partial charge is 0.380 e. The summed E-state index contributed by atoms with van der Waals surface area (Å²) in [4.78, 5) is 28.8. The minimum absolute atomic E-state index is 0.192. The monoisotopic (exact) mass is 516 g/mol. The number of likely N-dealkylation sites (N-methyl/N-ethyl adjacent to an activating group) is 1. The van der Waals surface area contributed by atoms with Crippen LogP contribution in [0.15, 0.2) is 78.1 Å². The van der Waals surface area contributed by atoms with Crippen LogP contribution in [-0.4, -0.2) is 60.5 Å². The van der Waals surface area contributed by atoms with Crippen LogP contribution in [0.2, 0.25) is 0 Å². The highest BCUT2D eigenvalue weighted by Gasteiger charge is 2.25. The van der Waals surface area contributed by atoms with Gasteiger partial charge in [-0.3, -0.25) is 14.5 Å². The highest BCUT2D eigenvalue weighted by molar-refractivity contribution is 5.96. The molecule has 2 heterocycles. The molecule has 0 spiro atoms. The molecule has 2 aliphatic rings. The second kappa shape index (κ2) is 13.1. The number of dihydropyridines is 1. The Morgan fingerprint density at radius 3 is 2.34 bits per heavy atom. The van der Waals surface area contributed by atoms with Crippen molar-refractivity contribution in [3.8, 4) is 0 Å². The van der Waals surface area contributed by atoms with Crippen molar-refractivity contribution >= 4 is 17.5 Å². The highest BCUT2D eigenvalue weighted by atomic mass is 16.2. The number of primary amides is 1. The van der Waals surface area contributed by atoms with E-state index in [1.807, 2.05) is 41.3 Å². The standard InChI is InChI=1S/C30H40N6O2/c1-3-35(4-2)21-29(37)36-16-14-24(15-17-36)23-10-12-25(13-11-23)34-28-18-27(26(20-33-28)30(31)38)32-19-22-8-6-5-7-9-22/h5-13,18,20,24,28,32-34H,3-4,14-17,19,21H2,1-2H3,(H2,31,38). The molecule has 4 rings (SSSR count). The van der Waals surface area contributed by atoms with Crippen molar-refractivity contribution in [2.75, 3.05) is 38.0 Å². The number of anilines is 1. The van der Waals surface area contributed by atoms with Gasteiger partial charge in [-0.1, -0.05) is 56.3 Å². The summed E-state index contributed by atoms with van der Waals surface area (Å²) in [5.41, 5.74) is 10.1. The number of hydrogen-bond donors (Lipinski definition) is 4. The van der Waals surface area contributed by atoms with E-state index in [9.17, 15) is 9.59 Å². The van der Waals surface area contributed by atoms with Crippen LogP contribution in [0.5, 0.6) is 0 Å². The zero-order valence-corrected chi connectivity index (χ0v) is 22.5. The van der Waals surface area contributed by atoms with E-state index < -0.39 is 5.91 Å². The molecule has 8 nitrogen and oxygen atoms in total. The molecule has 1 unspecified atom stereocenters. The first-order chi connectivity index (χ1) is 18.5. The molecule has 8 heteroatoms. The Kier molecular flexibility index (Phi) is 9.43. The van der Waals surface area contributed by atoms with Gasteiger partial charge in [0.1, 0.15) is 6.17 Å². The van der Waals surface area contributed by atoms with E-state index in [1.165, 1.54) is 5.56 Å². The average molecular weight is 517 g/mol. The van der Waals surface area contributed by atoms with Crippen LogP contribution in [0.1, 0.15) is 43.7 Å². The first-order valence-electron chi connectivity index (χ1n) is 13.6. The maximum Gasteiger partial charge on any atom is 0.252 e. The molecule has 38 heavy (non-hydrogen) atoms. The van der Waals surface area contributed by atoms with E-state index in [0.717, 1.165) is 50.3 Å². The second-order valence-electron chi connectivity index (χ2n) is 9.87. The lowest BCUT2D eigenvalue weighted by Gasteiger charge is -2.33. The minimum Gasteiger partial charge on any atom is -0.380 e. The summed E-state index contributed by atoms with van der Waals surface area (Å²) < 4.78 is 0. The molecular formula is C30H40N6O2. The number of carbonyl (C=O) groups excluding carboxylic acids is 2. The van der Waals surface area contributed by atoms with Gasteiger partial charge in [-0.25, -0.2) is 0 Å². The SMILES string of the molecule is CCN(CC)CC(=O)N1CCC(c2ccc(NC3C=C(NCc4ccccc4)C(C(N)=O)=CN3)cc2)CC1. The Labute approximate surface area is 225 Å². The van der Waals surface area contributed by atoms with Crippen LogP contribution in [0.3, 0.4) is 0 Å². The van der Waals surface area contributed by atoms with Crippen molar-refractivity contribution in [1.29, 1.82) is 0 Å². The fourth-order valence-corrected chi connectivity index (χ4v) is 5.02. The van der Waals surface area contributed by atoms with E-state index in [1.54, 1.807) is 6.20 Å². The fraction of sp³-hybridized carbons (Fsp3) is 0.400. The molecule has 5 N–H and O–H groups in total. The summed E-state index contributed by atoms with van der Waals surface area (Å²) >= 11 is 0. The van der Waals surface area contributed by atoms with Gasteiger partial charge in [-0.15, -0.1) is 0 Å². The van der Waals surface area contributed by atoms with Crippen LogP contribution in [0.25, 0.3) is 0 Å². The van der Waals surface area contributed by atoms with Crippen LogP contribution in [0, 0.1) is 0 Å². The van der Waals surface area contributed by atoms with Gasteiger partial charge in [0.15, 0.2) is 0 Å². The summed E-state index contributed by atoms with van der Waals surface area (Å²) in [5.74, 6) is 0.225. The Morgan fingerprint density at radius 1 is 1.03 bits per heavy atom. The number of nitrogens with zero attached hydrogens (tertiary/aromatic N) is 2. The second-order valence-corrected chi connectivity index (χ2v) is 9.87. The van der Waals surface area contributed by atoms with Gasteiger partial charge in [0, 0.05) is 37.2 Å². The number of nitrogens with one attached hydrogen (secondary N) is 3. The average Bonchev–Trinajstić information content (AvgIpc) is 2.95. The summed E-state index contributed by atoms with van der Waals surface area (Å²) in [5, 5.41) is 10.0. The molecule has 1 saturated heterocycles. The van der Waals surface area contributed by atoms with Crippen LogP contribution < -0.4 is 21.7 Å². The van der Waals surface area contributed by atoms with E-state index in [2.05, 4.69) is 59.0 Å². The Balaban J connectivity index is 1.31. The molecule has 2 amide bonds. The van der Waals surface area contributed by atoms with Crippen LogP contribution in [-0.2, 0) is 16.1 Å². The van der Waals surface area contributed by atoms with E-state index in [0.29, 0.717) is 30.3 Å². The summed E-state index contributed by atoms with van der Waals surface area (Å²) in [7, 11) is 0. The van der Waals surface area contributed by atoms with Gasteiger partial charge < -0.3 is 26.6 Å². The molecule has 2 aromatic carbocycles. The molecule has 0 aromatic heterocycles. The van der Waals surface area contributed by atoms with Crippen molar-refractivity contribution in [1.82, 2.24) is 20.4 Å². The van der Waals surface area contributed by atoms with Gasteiger partial charge in [0.05, 0.1) is 12.1 Å². The zero-order chi connectivity index (χ0) is 26.9. The Morgan fingerprint density at radius 2 is 1.71 bits per heavy atom. The van der Waals surface area contributed by atoms with Gasteiger partial charge in [-0.05, 0) is 61.2 Å². The topological polar surface area (TPSA) is 103 Å². The number of carbonyl (C=O) groups is 2. The molecular weight excluding hydrogens is 476 g/mol. The van der Waals surface area contributed by atoms with Crippen molar-refractivity contribution in [2.45, 2.75) is 45.3 Å². The summed E-state index contributed by atoms with van der Waals surface area (Å²) in [6, 6.07) is 18.6. The number of piperidine rings is 1. The number of likely N-dealkylation sites (tertiary alicyclic amines) is 1. The predicted molar refractivity (Wildman–Crippen MR) is 152 cm³/mol. The molecule has 2 aromatic rings. The normalized spacial score (nSPS) is 17.9. The van der Waals surface area contributed by atoms with Gasteiger partial charge >= 0.3 is 0 Å². The van der Waals surface area contributed by atoms with Crippen molar-refractivity contribution < 1.29 is 9.59 Å². The number of rotatable bonds is 11. The summed E-state index contributed by atoms with van der Waals surface area (Å²) in [6.45, 7) is 8.74. The third-order valence-electron chi connectivity index (χ3n) is 7.43. The summed E-state index contributed by atoms with van der Waals surface area (Å²) in [6.07, 6.45) is 5.39. The van der Waals surface area contributed by atoms with Crippen LogP contribution >= 0.6 is 0 Å². The van der Waals surface area contributed by atoms with Gasteiger partial charge in [0.2, 0.25) is 5.91 Å². The molecule has 0 radical (unpaired) electrons. The Hall–Kier alpha value is -3.78. The van der Waals surface area contributed by atoms with Gasteiger partial charge in [0.25, 0.3) is 5.91 Å². The molecule has 0 aliphatic carbocycles. The maximum atomic E-state index is 12.6. The first-order valence-corrected chi connectivity index (χ1v) is 13.6. The number of amides is 2. The van der Waals surface area contributed by atoms with E-state index in [4.69, 9.17) is 5.73 Å². The third-order valence-corrected chi connectivity index (χ3v) is 7.43. The van der Waals surface area contributed by atoms with Crippen LogP contribution in [0.4, 0.5) is 5.69 Å². The van der Waals surface area contributed by atoms with Crippen molar-refractivity contribution in [3.05, 3.63) is 89.3 Å². The third kappa shape index (κ3) is 7.16. The molecule has 0 bridgehead atoms. The molecule has 0 saturated carbocycles. The van der Waals surface area contributed by atoms with E-state index in [-0.39, 0.29) is 12.1 Å². The van der Waals surface area contributed by atoms with Crippen molar-refractivity contribution in [2.24, 2.45) is 5.73 Å². The zero-order valence-electron chi connectivity index (χ0n) is 22.5. The number of nitrogens with two attached hydrogens (primary N) is 1. The molecule has 202 valence electrons. The predicted octanol–water partition coefficient (Wildman–Crippen LogP) is 3.12. The Bertz CT molecular complexity index is 1130. The lowest BCUT2D eigenvalue weighted by atomic mass is 9.89. The highest BCUT2D eigenvalue weighted by Crippen LogP contribution is 2.29. The lowest BCUT2D eigenvalue weighted by molar-refractivity contribution is -0.133. The minimum atomic E-state index is -0.479. The van der Waals surface area contributed by atoms with Gasteiger partial charge in [-0.2, -0.15) is 0 Å².